The molecule has 0 bridgehead atoms. The molecule has 0 spiro atoms. The van der Waals surface area contributed by atoms with Gasteiger partial charge < -0.3 is 25.1 Å². The van der Waals surface area contributed by atoms with Crippen LogP contribution in [0.2, 0.25) is 0 Å². The molecule has 5 rings (SSSR count). The third-order valence-electron chi connectivity index (χ3n) is 5.38. The number of benzene rings is 2. The largest absolute Gasteiger partial charge is 0.454 e. The fourth-order valence-corrected chi connectivity index (χ4v) is 3.77. The van der Waals surface area contributed by atoms with E-state index in [1.54, 1.807) is 18.2 Å². The molecule has 3 N–H and O–H groups in total. The molecule has 31 heavy (non-hydrogen) atoms. The number of fused-ring (bicyclic) bond motifs is 2. The summed E-state index contributed by atoms with van der Waals surface area (Å²) in [7, 11) is 0. The van der Waals surface area contributed by atoms with Crippen LogP contribution in [0.1, 0.15) is 18.4 Å². The first-order valence-corrected chi connectivity index (χ1v) is 9.94. The van der Waals surface area contributed by atoms with Gasteiger partial charge in [0.25, 0.3) is 5.91 Å². The first-order valence-electron chi connectivity index (χ1n) is 9.94. The van der Waals surface area contributed by atoms with Crippen LogP contribution in [0.4, 0.5) is 10.5 Å². The van der Waals surface area contributed by atoms with Crippen LogP contribution in [-0.2, 0) is 16.1 Å². The molecule has 0 aliphatic carbocycles. The van der Waals surface area contributed by atoms with E-state index in [1.165, 1.54) is 0 Å². The average Bonchev–Trinajstić information content (AvgIpc) is 3.47. The van der Waals surface area contributed by atoms with Crippen LogP contribution in [-0.4, -0.2) is 40.6 Å². The monoisotopic (exact) mass is 420 g/mol. The summed E-state index contributed by atoms with van der Waals surface area (Å²) in [4.78, 5) is 41.6. The summed E-state index contributed by atoms with van der Waals surface area (Å²) in [6.45, 7) is 0.284. The second kappa shape index (κ2) is 7.67. The van der Waals surface area contributed by atoms with Crippen LogP contribution in [0, 0.1) is 0 Å². The minimum Gasteiger partial charge on any atom is -0.454 e. The standard InChI is InChI=1S/C22H20N4O5/c27-20(24-15-2-3-16-14(10-15)7-8-23-16)6-4-17-21(28)26(22(29)25-17)11-13-1-5-18-19(9-13)31-12-30-18/h1-3,5,7-10,17,23H,4,6,11-12H2,(H,24,27)(H,25,29)/t17-/m1/s1. The maximum atomic E-state index is 12.7. The first kappa shape index (κ1) is 19.0. The van der Waals surface area contributed by atoms with Gasteiger partial charge in [-0.25, -0.2) is 4.79 Å². The van der Waals surface area contributed by atoms with E-state index in [-0.39, 0.29) is 38.0 Å². The van der Waals surface area contributed by atoms with Gasteiger partial charge in [0.1, 0.15) is 6.04 Å². The Kier molecular flexibility index (Phi) is 4.70. The van der Waals surface area contributed by atoms with E-state index in [0.717, 1.165) is 21.4 Å². The normalized spacial score (nSPS) is 17.3. The molecule has 9 heteroatoms. The molecule has 2 aromatic carbocycles. The van der Waals surface area contributed by atoms with Crippen LogP contribution in [0.25, 0.3) is 10.9 Å². The molecule has 1 aromatic heterocycles. The molecule has 1 saturated heterocycles. The van der Waals surface area contributed by atoms with Gasteiger partial charge in [0.2, 0.25) is 12.7 Å². The molecule has 3 aromatic rings. The zero-order valence-corrected chi connectivity index (χ0v) is 16.5. The highest BCUT2D eigenvalue weighted by atomic mass is 16.7. The molecule has 4 amide bonds. The van der Waals surface area contributed by atoms with Crippen molar-refractivity contribution in [3.63, 3.8) is 0 Å². The fourth-order valence-electron chi connectivity index (χ4n) is 3.77. The molecule has 2 aliphatic rings. The third kappa shape index (κ3) is 3.77. The van der Waals surface area contributed by atoms with E-state index in [1.807, 2.05) is 30.5 Å². The number of hydrogen-bond acceptors (Lipinski definition) is 5. The predicted molar refractivity (Wildman–Crippen MR) is 112 cm³/mol. The summed E-state index contributed by atoms with van der Waals surface area (Å²) in [6.07, 6.45) is 2.17. The molecule has 1 atom stereocenters. The summed E-state index contributed by atoms with van der Waals surface area (Å²) < 4.78 is 10.6. The van der Waals surface area contributed by atoms with Gasteiger partial charge in [-0.15, -0.1) is 0 Å². The number of anilines is 1. The van der Waals surface area contributed by atoms with Crippen molar-refractivity contribution in [2.45, 2.75) is 25.4 Å². The Bertz CT molecular complexity index is 1190. The second-order valence-corrected chi connectivity index (χ2v) is 7.48. The number of rotatable bonds is 6. The van der Waals surface area contributed by atoms with E-state index in [2.05, 4.69) is 15.6 Å². The van der Waals surface area contributed by atoms with Gasteiger partial charge in [-0.2, -0.15) is 0 Å². The topological polar surface area (TPSA) is 113 Å². The Hall–Kier alpha value is -4.01. The zero-order valence-electron chi connectivity index (χ0n) is 16.5. The van der Waals surface area contributed by atoms with Crippen LogP contribution in [0.3, 0.4) is 0 Å². The molecule has 0 unspecified atom stereocenters. The molecular formula is C22H20N4O5. The summed E-state index contributed by atoms with van der Waals surface area (Å²) in [5.41, 5.74) is 2.43. The van der Waals surface area contributed by atoms with E-state index < -0.39 is 12.1 Å². The number of aromatic nitrogens is 1. The number of urea groups is 1. The van der Waals surface area contributed by atoms with Crippen molar-refractivity contribution in [2.24, 2.45) is 0 Å². The van der Waals surface area contributed by atoms with Gasteiger partial charge >= 0.3 is 6.03 Å². The van der Waals surface area contributed by atoms with E-state index in [9.17, 15) is 14.4 Å². The maximum Gasteiger partial charge on any atom is 0.325 e. The third-order valence-corrected chi connectivity index (χ3v) is 5.38. The lowest BCUT2D eigenvalue weighted by atomic mass is 10.1. The Labute approximate surface area is 177 Å². The predicted octanol–water partition coefficient (Wildman–Crippen LogP) is 2.74. The van der Waals surface area contributed by atoms with Gasteiger partial charge in [-0.1, -0.05) is 6.07 Å². The number of carbonyl (C=O) groups is 3. The Balaban J connectivity index is 1.17. The SMILES string of the molecule is O=C(CC[C@H]1NC(=O)N(Cc2ccc3c(c2)OCO3)C1=O)Nc1ccc2[nH]ccc2c1. The molecule has 3 heterocycles. The lowest BCUT2D eigenvalue weighted by molar-refractivity contribution is -0.128. The molecule has 9 nitrogen and oxygen atoms in total. The van der Waals surface area contributed by atoms with Crippen LogP contribution in [0.5, 0.6) is 11.5 Å². The Morgan fingerprint density at radius 3 is 2.87 bits per heavy atom. The Morgan fingerprint density at radius 1 is 1.10 bits per heavy atom. The van der Waals surface area contributed by atoms with Gasteiger partial charge in [0.05, 0.1) is 6.54 Å². The molecule has 1 fully saturated rings. The lowest BCUT2D eigenvalue weighted by Crippen LogP contribution is -2.31. The number of imide groups is 1. The number of nitrogens with zero attached hydrogens (tertiary/aromatic N) is 1. The highest BCUT2D eigenvalue weighted by Crippen LogP contribution is 2.33. The summed E-state index contributed by atoms with van der Waals surface area (Å²) in [5.74, 6) is 0.673. The van der Waals surface area contributed by atoms with Crippen molar-refractivity contribution < 1.29 is 23.9 Å². The first-order chi connectivity index (χ1) is 15.1. The van der Waals surface area contributed by atoms with Gasteiger partial charge in [-0.05, 0) is 48.4 Å². The molecule has 0 radical (unpaired) electrons. The van der Waals surface area contributed by atoms with Gasteiger partial charge in [0, 0.05) is 29.2 Å². The molecule has 0 saturated carbocycles. The van der Waals surface area contributed by atoms with Crippen LogP contribution in [0.15, 0.2) is 48.7 Å². The smallest absolute Gasteiger partial charge is 0.325 e. The van der Waals surface area contributed by atoms with Crippen molar-refractivity contribution in [3.8, 4) is 11.5 Å². The fraction of sp³-hybridized carbons (Fsp3) is 0.227. The second-order valence-electron chi connectivity index (χ2n) is 7.48. The number of ether oxygens (including phenoxy) is 2. The zero-order chi connectivity index (χ0) is 21.4. The number of aromatic amines is 1. The van der Waals surface area contributed by atoms with Crippen molar-refractivity contribution in [3.05, 3.63) is 54.2 Å². The van der Waals surface area contributed by atoms with E-state index in [0.29, 0.717) is 17.2 Å². The van der Waals surface area contributed by atoms with Crippen LogP contribution >= 0.6 is 0 Å². The minimum atomic E-state index is -0.723. The average molecular weight is 420 g/mol. The Morgan fingerprint density at radius 2 is 1.97 bits per heavy atom. The highest BCUT2D eigenvalue weighted by Gasteiger charge is 2.38. The minimum absolute atomic E-state index is 0.111. The van der Waals surface area contributed by atoms with Crippen molar-refractivity contribution in [2.75, 3.05) is 12.1 Å². The van der Waals surface area contributed by atoms with Gasteiger partial charge in [-0.3, -0.25) is 14.5 Å². The summed E-state index contributed by atoms with van der Waals surface area (Å²) >= 11 is 0. The molecule has 2 aliphatic heterocycles. The number of amides is 4. The summed E-state index contributed by atoms with van der Waals surface area (Å²) in [6, 6.07) is 11.6. The molecule has 158 valence electrons. The number of H-pyrrole nitrogens is 1. The molecular weight excluding hydrogens is 400 g/mol. The highest BCUT2D eigenvalue weighted by molar-refractivity contribution is 6.04. The van der Waals surface area contributed by atoms with Gasteiger partial charge in [0.15, 0.2) is 11.5 Å². The summed E-state index contributed by atoms with van der Waals surface area (Å²) in [5, 5.41) is 6.49. The van der Waals surface area contributed by atoms with E-state index in [4.69, 9.17) is 9.47 Å². The number of carbonyl (C=O) groups excluding carboxylic acids is 3. The number of hydrogen-bond donors (Lipinski definition) is 3. The lowest BCUT2D eigenvalue weighted by Gasteiger charge is -2.13. The van der Waals surface area contributed by atoms with E-state index >= 15 is 0 Å². The van der Waals surface area contributed by atoms with Crippen molar-refractivity contribution in [1.82, 2.24) is 15.2 Å². The van der Waals surface area contributed by atoms with Crippen LogP contribution < -0.4 is 20.1 Å². The number of nitrogens with one attached hydrogen (secondary N) is 3. The van der Waals surface area contributed by atoms with Crippen molar-refractivity contribution in [1.29, 1.82) is 0 Å². The quantitative estimate of drug-likeness (QED) is 0.531. The maximum absolute atomic E-state index is 12.7. The van der Waals surface area contributed by atoms with Crippen molar-refractivity contribution >= 4 is 34.4 Å².